The van der Waals surface area contributed by atoms with Gasteiger partial charge in [0.2, 0.25) is 5.91 Å². The number of ketones is 2. The summed E-state index contributed by atoms with van der Waals surface area (Å²) in [7, 11) is 0. The van der Waals surface area contributed by atoms with E-state index in [0.29, 0.717) is 33.0 Å². The molecule has 0 saturated heterocycles. The van der Waals surface area contributed by atoms with Crippen LogP contribution in [0.3, 0.4) is 0 Å². The summed E-state index contributed by atoms with van der Waals surface area (Å²) < 4.78 is 0. The van der Waals surface area contributed by atoms with Crippen molar-refractivity contribution in [1.29, 1.82) is 5.26 Å². The summed E-state index contributed by atoms with van der Waals surface area (Å²) >= 11 is 1.20. The summed E-state index contributed by atoms with van der Waals surface area (Å²) in [6, 6.07) is 15.4. The zero-order valence-electron chi connectivity index (χ0n) is 17.7. The second kappa shape index (κ2) is 8.40. The molecule has 7 heteroatoms. The van der Waals surface area contributed by atoms with Crippen LogP contribution >= 0.6 is 11.8 Å². The fraction of sp³-hybridized carbons (Fsp3) is 0.160. The number of hydrogen-bond donors (Lipinski definition) is 1. The van der Waals surface area contributed by atoms with Crippen molar-refractivity contribution in [2.24, 2.45) is 0 Å². The third-order valence-corrected chi connectivity index (χ3v) is 6.36. The third kappa shape index (κ3) is 3.81. The van der Waals surface area contributed by atoms with E-state index in [-0.39, 0.29) is 23.0 Å². The number of nitrogens with one attached hydrogen (secondary N) is 1. The molecule has 1 N–H and O–H groups in total. The Labute approximate surface area is 189 Å². The zero-order chi connectivity index (χ0) is 23.0. The molecule has 1 aliphatic carbocycles. The zero-order valence-corrected chi connectivity index (χ0v) is 18.5. The van der Waals surface area contributed by atoms with Gasteiger partial charge >= 0.3 is 0 Å². The summed E-state index contributed by atoms with van der Waals surface area (Å²) in [6.45, 7) is 5.40. The number of nitrogens with zero attached hydrogens (tertiary/aromatic N) is 2. The van der Waals surface area contributed by atoms with E-state index in [1.54, 1.807) is 43.3 Å². The predicted molar refractivity (Wildman–Crippen MR) is 122 cm³/mol. The van der Waals surface area contributed by atoms with Gasteiger partial charge in [0, 0.05) is 33.6 Å². The highest BCUT2D eigenvalue weighted by atomic mass is 32.2. The highest BCUT2D eigenvalue weighted by Crippen LogP contribution is 2.31. The molecule has 4 rings (SSSR count). The van der Waals surface area contributed by atoms with Crippen LogP contribution in [-0.2, 0) is 4.79 Å². The summed E-state index contributed by atoms with van der Waals surface area (Å²) in [5.41, 5.74) is 3.82. The van der Waals surface area contributed by atoms with E-state index >= 15 is 0 Å². The fourth-order valence-electron chi connectivity index (χ4n) is 3.67. The number of carbonyl (C=O) groups excluding carboxylic acids is 3. The van der Waals surface area contributed by atoms with Crippen molar-refractivity contribution >= 4 is 34.9 Å². The molecule has 32 heavy (non-hydrogen) atoms. The number of fused-ring (bicyclic) bond motifs is 2. The first-order valence-corrected chi connectivity index (χ1v) is 10.9. The summed E-state index contributed by atoms with van der Waals surface area (Å²) in [5.74, 6) is -0.747. The Kier molecular flexibility index (Phi) is 5.64. The van der Waals surface area contributed by atoms with Gasteiger partial charge in [-0.25, -0.2) is 4.98 Å². The van der Waals surface area contributed by atoms with Gasteiger partial charge in [0.05, 0.1) is 10.8 Å². The first-order chi connectivity index (χ1) is 15.3. The molecule has 0 aliphatic heterocycles. The maximum Gasteiger partial charge on any atom is 0.237 e. The Balaban J connectivity index is 1.56. The third-order valence-electron chi connectivity index (χ3n) is 5.27. The van der Waals surface area contributed by atoms with Crippen molar-refractivity contribution in [1.82, 2.24) is 4.98 Å². The smallest absolute Gasteiger partial charge is 0.237 e. The SMILES string of the molecule is Cc1cc(C)c(C#N)c(SC(C)C(=O)Nc2ccc3c(c2)C(=O)c2ccccc2C3=O)n1. The molecule has 0 fully saturated rings. The minimum absolute atomic E-state index is 0.207. The summed E-state index contributed by atoms with van der Waals surface area (Å²) in [5, 5.41) is 12.2. The highest BCUT2D eigenvalue weighted by molar-refractivity contribution is 8.00. The lowest BCUT2D eigenvalue weighted by Gasteiger charge is -2.19. The van der Waals surface area contributed by atoms with Gasteiger partial charge in [-0.2, -0.15) is 5.26 Å². The molecular formula is C25H19N3O3S. The number of nitriles is 1. The minimum atomic E-state index is -0.537. The van der Waals surface area contributed by atoms with E-state index in [1.807, 2.05) is 19.9 Å². The van der Waals surface area contributed by atoms with Crippen molar-refractivity contribution in [2.45, 2.75) is 31.0 Å². The first kappa shape index (κ1) is 21.5. The maximum absolute atomic E-state index is 12.9. The van der Waals surface area contributed by atoms with Crippen LogP contribution in [0, 0.1) is 25.2 Å². The molecule has 0 bridgehead atoms. The quantitative estimate of drug-likeness (QED) is 0.469. The number of carbonyl (C=O) groups is 3. The number of rotatable bonds is 4. The molecule has 1 amide bonds. The van der Waals surface area contributed by atoms with Gasteiger partial charge in [0.1, 0.15) is 11.1 Å². The molecule has 1 unspecified atom stereocenters. The number of hydrogen-bond acceptors (Lipinski definition) is 6. The Morgan fingerprint density at radius 1 is 1.00 bits per heavy atom. The molecule has 2 aromatic carbocycles. The molecular weight excluding hydrogens is 422 g/mol. The summed E-state index contributed by atoms with van der Waals surface area (Å²) in [4.78, 5) is 42.8. The maximum atomic E-state index is 12.9. The first-order valence-electron chi connectivity index (χ1n) is 9.98. The molecule has 0 spiro atoms. The van der Waals surface area contributed by atoms with E-state index in [2.05, 4.69) is 16.4 Å². The van der Waals surface area contributed by atoms with Crippen molar-refractivity contribution in [3.63, 3.8) is 0 Å². The van der Waals surface area contributed by atoms with E-state index < -0.39 is 5.25 Å². The number of pyridine rings is 1. The number of amides is 1. The van der Waals surface area contributed by atoms with Gasteiger partial charge in [-0.15, -0.1) is 0 Å². The lowest BCUT2D eigenvalue weighted by atomic mass is 9.84. The van der Waals surface area contributed by atoms with Gasteiger partial charge in [-0.1, -0.05) is 36.0 Å². The second-order valence-electron chi connectivity index (χ2n) is 7.59. The predicted octanol–water partition coefficient (Wildman–Crippen LogP) is 4.46. The minimum Gasteiger partial charge on any atom is -0.325 e. The van der Waals surface area contributed by atoms with E-state index in [0.717, 1.165) is 11.3 Å². The largest absolute Gasteiger partial charge is 0.325 e. The van der Waals surface area contributed by atoms with Crippen molar-refractivity contribution in [3.05, 3.63) is 87.6 Å². The molecule has 1 heterocycles. The molecule has 3 aromatic rings. The van der Waals surface area contributed by atoms with Crippen molar-refractivity contribution in [3.8, 4) is 6.07 Å². The van der Waals surface area contributed by atoms with E-state index in [1.165, 1.54) is 17.8 Å². The molecule has 0 radical (unpaired) electrons. The van der Waals surface area contributed by atoms with Crippen LogP contribution < -0.4 is 5.32 Å². The Morgan fingerprint density at radius 3 is 2.28 bits per heavy atom. The Hall–Kier alpha value is -3.76. The van der Waals surface area contributed by atoms with Crippen LogP contribution in [0.4, 0.5) is 5.69 Å². The number of aromatic nitrogens is 1. The lowest BCUT2D eigenvalue weighted by Crippen LogP contribution is -2.24. The highest BCUT2D eigenvalue weighted by Gasteiger charge is 2.29. The van der Waals surface area contributed by atoms with Gasteiger partial charge in [-0.05, 0) is 50.6 Å². The molecule has 158 valence electrons. The Morgan fingerprint density at radius 2 is 1.62 bits per heavy atom. The normalized spacial score (nSPS) is 13.1. The van der Waals surface area contributed by atoms with Crippen LogP contribution in [0.25, 0.3) is 0 Å². The topological polar surface area (TPSA) is 99.9 Å². The number of benzene rings is 2. The van der Waals surface area contributed by atoms with E-state index in [4.69, 9.17) is 0 Å². The number of thioether (sulfide) groups is 1. The van der Waals surface area contributed by atoms with Crippen LogP contribution in [0.1, 0.15) is 55.6 Å². The standard InChI is InChI=1S/C25H19N3O3S/c1-13-10-14(2)27-25(21(13)12-26)32-15(3)24(31)28-16-8-9-19-20(11-16)23(30)18-7-5-4-6-17(18)22(19)29/h4-11,15H,1-3H3,(H,28,31). The van der Waals surface area contributed by atoms with Gasteiger partial charge in [0.25, 0.3) is 0 Å². The summed E-state index contributed by atoms with van der Waals surface area (Å²) in [6.07, 6.45) is 0. The Bertz CT molecular complexity index is 1340. The molecule has 6 nitrogen and oxygen atoms in total. The molecule has 0 saturated carbocycles. The lowest BCUT2D eigenvalue weighted by molar-refractivity contribution is -0.115. The van der Waals surface area contributed by atoms with Crippen LogP contribution in [0.15, 0.2) is 53.6 Å². The van der Waals surface area contributed by atoms with Gasteiger partial charge < -0.3 is 5.32 Å². The van der Waals surface area contributed by atoms with Gasteiger partial charge in [-0.3, -0.25) is 14.4 Å². The van der Waals surface area contributed by atoms with Crippen molar-refractivity contribution in [2.75, 3.05) is 5.32 Å². The van der Waals surface area contributed by atoms with Crippen LogP contribution in [-0.4, -0.2) is 27.7 Å². The fourth-order valence-corrected chi connectivity index (χ4v) is 4.69. The number of anilines is 1. The van der Waals surface area contributed by atoms with E-state index in [9.17, 15) is 19.6 Å². The second-order valence-corrected chi connectivity index (χ2v) is 8.92. The average Bonchev–Trinajstić information content (AvgIpc) is 2.77. The molecule has 1 aliphatic rings. The molecule has 1 aromatic heterocycles. The number of aryl methyl sites for hydroxylation is 2. The monoisotopic (exact) mass is 441 g/mol. The van der Waals surface area contributed by atoms with Gasteiger partial charge in [0.15, 0.2) is 11.6 Å². The van der Waals surface area contributed by atoms with Crippen LogP contribution in [0.5, 0.6) is 0 Å². The van der Waals surface area contributed by atoms with Crippen LogP contribution in [0.2, 0.25) is 0 Å². The average molecular weight is 442 g/mol. The molecule has 1 atom stereocenters. The van der Waals surface area contributed by atoms with Crippen molar-refractivity contribution < 1.29 is 14.4 Å².